The summed E-state index contributed by atoms with van der Waals surface area (Å²) in [5.41, 5.74) is 3.06. The molecule has 0 spiro atoms. The van der Waals surface area contributed by atoms with Crippen LogP contribution in [0, 0.1) is 0 Å². The molecule has 3 N–H and O–H groups in total. The Hall–Kier alpha value is -5.31. The van der Waals surface area contributed by atoms with Gasteiger partial charge in [0.2, 0.25) is 5.91 Å². The van der Waals surface area contributed by atoms with E-state index in [1.807, 2.05) is 42.5 Å². The van der Waals surface area contributed by atoms with Crippen LogP contribution in [-0.2, 0) is 9.59 Å². The first-order chi connectivity index (χ1) is 22.4. The van der Waals surface area contributed by atoms with Crippen molar-refractivity contribution < 1.29 is 19.1 Å². The van der Waals surface area contributed by atoms with E-state index in [9.17, 15) is 14.4 Å². The van der Waals surface area contributed by atoms with Gasteiger partial charge in [-0.2, -0.15) is 0 Å². The van der Waals surface area contributed by atoms with E-state index in [1.54, 1.807) is 104 Å². The molecule has 0 aliphatic heterocycles. The fourth-order valence-corrected chi connectivity index (χ4v) is 5.67. The molecule has 0 saturated carbocycles. The van der Waals surface area contributed by atoms with Gasteiger partial charge < -0.3 is 20.7 Å². The van der Waals surface area contributed by atoms with Gasteiger partial charge in [-0.3, -0.25) is 14.4 Å². The third kappa shape index (κ3) is 8.88. The highest BCUT2D eigenvalue weighted by molar-refractivity contribution is 8.00. The molecule has 0 radical (unpaired) electrons. The number of hydrogen-bond donors (Lipinski definition) is 3. The van der Waals surface area contributed by atoms with Crippen molar-refractivity contribution in [3.8, 4) is 5.75 Å². The van der Waals surface area contributed by atoms with E-state index in [0.717, 1.165) is 10.5 Å². The molecule has 3 amide bonds. The van der Waals surface area contributed by atoms with Crippen molar-refractivity contribution in [2.24, 2.45) is 0 Å². The molecule has 0 aliphatic rings. The average Bonchev–Trinajstić information content (AvgIpc) is 3.09. The maximum atomic E-state index is 13.6. The van der Waals surface area contributed by atoms with Crippen LogP contribution in [0.2, 0.25) is 5.02 Å². The van der Waals surface area contributed by atoms with Crippen LogP contribution >= 0.6 is 23.4 Å². The minimum absolute atomic E-state index is 0.0460. The van der Waals surface area contributed by atoms with Crippen LogP contribution in [0.4, 0.5) is 11.4 Å². The Morgan fingerprint density at radius 3 is 2.15 bits per heavy atom. The summed E-state index contributed by atoms with van der Waals surface area (Å²) in [5.74, 6) is -0.540. The molecule has 230 valence electrons. The summed E-state index contributed by atoms with van der Waals surface area (Å²) in [6.45, 7) is 0. The predicted octanol–water partition coefficient (Wildman–Crippen LogP) is 8.23. The Kier molecular flexibility index (Phi) is 10.9. The lowest BCUT2D eigenvalue weighted by Gasteiger charge is -2.18. The van der Waals surface area contributed by atoms with Crippen molar-refractivity contribution in [2.45, 2.75) is 10.1 Å². The maximum Gasteiger partial charge on any atom is 0.272 e. The second-order valence-corrected chi connectivity index (χ2v) is 11.7. The first-order valence-electron chi connectivity index (χ1n) is 14.3. The fourth-order valence-electron chi connectivity index (χ4n) is 4.46. The van der Waals surface area contributed by atoms with Crippen LogP contribution in [0.1, 0.15) is 26.7 Å². The number of methoxy groups -OCH3 is 1. The van der Waals surface area contributed by atoms with E-state index in [1.165, 1.54) is 11.8 Å². The molecule has 0 heterocycles. The lowest BCUT2D eigenvalue weighted by atomic mass is 10.1. The van der Waals surface area contributed by atoms with Gasteiger partial charge in [-0.15, -0.1) is 11.8 Å². The third-order valence-electron chi connectivity index (χ3n) is 6.73. The van der Waals surface area contributed by atoms with Gasteiger partial charge in [-0.25, -0.2) is 0 Å². The van der Waals surface area contributed by atoms with Gasteiger partial charge in [-0.1, -0.05) is 78.3 Å². The molecule has 5 aromatic rings. The molecule has 46 heavy (non-hydrogen) atoms. The van der Waals surface area contributed by atoms with Crippen molar-refractivity contribution in [1.82, 2.24) is 5.32 Å². The molecule has 0 saturated heterocycles. The Labute approximate surface area is 276 Å². The lowest BCUT2D eigenvalue weighted by Crippen LogP contribution is -2.30. The quantitative estimate of drug-likeness (QED) is 0.0991. The second-order valence-electron chi connectivity index (χ2n) is 10.0. The topological polar surface area (TPSA) is 96.5 Å². The fraction of sp³-hybridized carbons (Fsp3) is 0.0541. The van der Waals surface area contributed by atoms with Gasteiger partial charge >= 0.3 is 0 Å². The second kappa shape index (κ2) is 15.6. The van der Waals surface area contributed by atoms with Crippen LogP contribution in [-0.4, -0.2) is 24.8 Å². The van der Waals surface area contributed by atoms with Crippen LogP contribution in [0.15, 0.2) is 144 Å². The number of carbonyl (C=O) groups excluding carboxylic acids is 3. The van der Waals surface area contributed by atoms with E-state index in [-0.39, 0.29) is 11.6 Å². The van der Waals surface area contributed by atoms with Crippen molar-refractivity contribution in [1.29, 1.82) is 0 Å². The molecule has 9 heteroatoms. The largest absolute Gasteiger partial charge is 0.497 e. The highest BCUT2D eigenvalue weighted by Gasteiger charge is 2.23. The van der Waals surface area contributed by atoms with Crippen LogP contribution in [0.3, 0.4) is 0 Å². The number of halogens is 1. The summed E-state index contributed by atoms with van der Waals surface area (Å²) >= 11 is 7.36. The number of carbonyl (C=O) groups is 3. The number of thioether (sulfide) groups is 1. The van der Waals surface area contributed by atoms with Crippen molar-refractivity contribution in [2.75, 3.05) is 17.7 Å². The molecular formula is C37H30ClN3O4S. The van der Waals surface area contributed by atoms with Gasteiger partial charge in [0.25, 0.3) is 11.8 Å². The number of rotatable bonds is 11. The first-order valence-corrected chi connectivity index (χ1v) is 15.6. The van der Waals surface area contributed by atoms with Gasteiger partial charge in [0.15, 0.2) is 0 Å². The van der Waals surface area contributed by atoms with E-state index in [2.05, 4.69) is 16.0 Å². The molecule has 0 aromatic heterocycles. The lowest BCUT2D eigenvalue weighted by molar-refractivity contribution is -0.116. The zero-order valence-corrected chi connectivity index (χ0v) is 26.3. The number of benzene rings is 5. The average molecular weight is 648 g/mol. The smallest absolute Gasteiger partial charge is 0.272 e. The normalized spacial score (nSPS) is 11.7. The molecule has 5 rings (SSSR count). The zero-order chi connectivity index (χ0) is 32.3. The van der Waals surface area contributed by atoms with Gasteiger partial charge in [0.1, 0.15) is 16.7 Å². The molecular weight excluding hydrogens is 618 g/mol. The maximum absolute atomic E-state index is 13.6. The molecule has 1 unspecified atom stereocenters. The van der Waals surface area contributed by atoms with Crippen LogP contribution < -0.4 is 20.7 Å². The zero-order valence-electron chi connectivity index (χ0n) is 24.8. The van der Waals surface area contributed by atoms with Crippen molar-refractivity contribution >= 4 is 58.5 Å². The summed E-state index contributed by atoms with van der Waals surface area (Å²) in [4.78, 5) is 40.9. The number of nitrogens with one attached hydrogen (secondary N) is 3. The Balaban J connectivity index is 1.38. The highest BCUT2D eigenvalue weighted by atomic mass is 35.5. The number of hydrogen-bond acceptors (Lipinski definition) is 5. The summed E-state index contributed by atoms with van der Waals surface area (Å²) in [6, 6.07) is 39.4. The Morgan fingerprint density at radius 1 is 0.739 bits per heavy atom. The number of ether oxygens (including phenoxy) is 1. The monoisotopic (exact) mass is 647 g/mol. The molecule has 0 aliphatic carbocycles. The van der Waals surface area contributed by atoms with Gasteiger partial charge in [0, 0.05) is 26.9 Å². The first kappa shape index (κ1) is 32.1. The Morgan fingerprint density at radius 2 is 1.43 bits per heavy atom. The third-order valence-corrected chi connectivity index (χ3v) is 8.23. The molecule has 5 aromatic carbocycles. The van der Waals surface area contributed by atoms with E-state index in [0.29, 0.717) is 33.3 Å². The minimum Gasteiger partial charge on any atom is -0.497 e. The summed E-state index contributed by atoms with van der Waals surface area (Å²) < 4.78 is 5.32. The van der Waals surface area contributed by atoms with Gasteiger partial charge in [0.05, 0.1) is 7.11 Å². The standard InChI is InChI=1S/C37H30ClN3O4S/c1-45-31-16-8-10-25(22-31)23-33(41-35(42)27-13-6-3-7-14-27)36(43)40-30-15-9-17-32(24-30)46-34(26-11-4-2-5-12-26)37(44)39-29-20-18-28(38)19-21-29/h2-24,34H,1H3,(H,39,44)(H,40,43)(H,41,42)/b33-23-. The molecule has 0 fully saturated rings. The summed E-state index contributed by atoms with van der Waals surface area (Å²) in [6.07, 6.45) is 1.59. The number of amides is 3. The van der Waals surface area contributed by atoms with E-state index in [4.69, 9.17) is 16.3 Å². The Bertz CT molecular complexity index is 1850. The highest BCUT2D eigenvalue weighted by Crippen LogP contribution is 2.37. The molecule has 0 bridgehead atoms. The molecule has 1 atom stereocenters. The minimum atomic E-state index is -0.587. The summed E-state index contributed by atoms with van der Waals surface area (Å²) in [5, 5.41) is 8.61. The van der Waals surface area contributed by atoms with Gasteiger partial charge in [-0.05, 0) is 83.9 Å². The predicted molar refractivity (Wildman–Crippen MR) is 185 cm³/mol. The van der Waals surface area contributed by atoms with Crippen molar-refractivity contribution in [3.05, 3.63) is 161 Å². The van der Waals surface area contributed by atoms with E-state index >= 15 is 0 Å². The number of anilines is 2. The SMILES string of the molecule is COc1cccc(/C=C(\NC(=O)c2ccccc2)C(=O)Nc2cccc(SC(C(=O)Nc3ccc(Cl)cc3)c3ccccc3)c2)c1. The van der Waals surface area contributed by atoms with Crippen LogP contribution in [0.25, 0.3) is 6.08 Å². The van der Waals surface area contributed by atoms with E-state index < -0.39 is 17.1 Å². The summed E-state index contributed by atoms with van der Waals surface area (Å²) in [7, 11) is 1.56. The molecule has 7 nitrogen and oxygen atoms in total. The van der Waals surface area contributed by atoms with Crippen molar-refractivity contribution in [3.63, 3.8) is 0 Å². The van der Waals surface area contributed by atoms with Crippen LogP contribution in [0.5, 0.6) is 5.75 Å².